The van der Waals surface area contributed by atoms with E-state index in [1.807, 2.05) is 36.4 Å². The van der Waals surface area contributed by atoms with Crippen LogP contribution in [0.1, 0.15) is 42.7 Å². The maximum Gasteiger partial charge on any atom is 0.408 e. The largest absolute Gasteiger partial charge is 0.479 e. The van der Waals surface area contributed by atoms with Gasteiger partial charge in [0.1, 0.15) is 6.61 Å². The van der Waals surface area contributed by atoms with Crippen molar-refractivity contribution in [3.05, 3.63) is 59.7 Å². The number of amides is 1. The summed E-state index contributed by atoms with van der Waals surface area (Å²) in [6.07, 6.45) is 0.646. The predicted molar refractivity (Wildman–Crippen MR) is 105 cm³/mol. The third-order valence-electron chi connectivity index (χ3n) is 7.26. The number of hydrogen-bond acceptors (Lipinski definition) is 4. The van der Waals surface area contributed by atoms with E-state index in [0.29, 0.717) is 12.8 Å². The van der Waals surface area contributed by atoms with Crippen molar-refractivity contribution >= 4 is 12.1 Å². The summed E-state index contributed by atoms with van der Waals surface area (Å²) in [7, 11) is 0. The molecule has 2 saturated carbocycles. The van der Waals surface area contributed by atoms with Crippen LogP contribution in [0.15, 0.2) is 48.5 Å². The molecule has 6 heteroatoms. The second-order valence-corrected chi connectivity index (χ2v) is 8.39. The SMILES string of the molecule is O=C(NC1(C(=O)O)CC(O)C12CCC2)OCC1c2ccccc2-c2ccccc21. The van der Waals surface area contributed by atoms with E-state index in [-0.39, 0.29) is 18.9 Å². The van der Waals surface area contributed by atoms with Crippen LogP contribution in [0, 0.1) is 5.41 Å². The molecule has 150 valence electrons. The van der Waals surface area contributed by atoms with Gasteiger partial charge in [0.15, 0.2) is 5.54 Å². The van der Waals surface area contributed by atoms with Crippen molar-refractivity contribution in [2.45, 2.75) is 43.2 Å². The summed E-state index contributed by atoms with van der Waals surface area (Å²) in [4.78, 5) is 24.6. The molecule has 0 bridgehead atoms. The number of hydrogen-bond donors (Lipinski definition) is 3. The fraction of sp³-hybridized carbons (Fsp3) is 0.391. The molecule has 6 nitrogen and oxygen atoms in total. The molecule has 2 atom stereocenters. The molecule has 29 heavy (non-hydrogen) atoms. The maximum atomic E-state index is 12.6. The number of carboxylic acid groups (broad SMARTS) is 1. The number of aliphatic carboxylic acids is 1. The number of benzene rings is 2. The Morgan fingerprint density at radius 2 is 1.62 bits per heavy atom. The monoisotopic (exact) mass is 393 g/mol. The van der Waals surface area contributed by atoms with Crippen molar-refractivity contribution in [2.75, 3.05) is 6.61 Å². The first-order valence-electron chi connectivity index (χ1n) is 10.0. The van der Waals surface area contributed by atoms with Gasteiger partial charge in [-0.05, 0) is 35.1 Å². The van der Waals surface area contributed by atoms with Crippen molar-refractivity contribution in [3.63, 3.8) is 0 Å². The van der Waals surface area contributed by atoms with Crippen molar-refractivity contribution < 1.29 is 24.5 Å². The van der Waals surface area contributed by atoms with Gasteiger partial charge in [0.25, 0.3) is 0 Å². The molecule has 3 N–H and O–H groups in total. The van der Waals surface area contributed by atoms with Crippen molar-refractivity contribution in [1.29, 1.82) is 0 Å². The van der Waals surface area contributed by atoms with Gasteiger partial charge in [0.2, 0.25) is 0 Å². The smallest absolute Gasteiger partial charge is 0.408 e. The highest BCUT2D eigenvalue weighted by atomic mass is 16.5. The Morgan fingerprint density at radius 3 is 2.10 bits per heavy atom. The lowest BCUT2D eigenvalue weighted by atomic mass is 9.43. The molecule has 1 amide bonds. The number of fused-ring (bicyclic) bond motifs is 3. The van der Waals surface area contributed by atoms with Gasteiger partial charge in [-0.1, -0.05) is 55.0 Å². The number of carboxylic acids is 1. The van der Waals surface area contributed by atoms with Crippen LogP contribution in [0.3, 0.4) is 0 Å². The summed E-state index contributed by atoms with van der Waals surface area (Å²) < 4.78 is 5.52. The van der Waals surface area contributed by atoms with E-state index in [4.69, 9.17) is 4.74 Å². The minimum absolute atomic E-state index is 0.0204. The van der Waals surface area contributed by atoms with E-state index in [1.165, 1.54) is 0 Å². The second-order valence-electron chi connectivity index (χ2n) is 8.39. The lowest BCUT2D eigenvalue weighted by Gasteiger charge is -2.64. The van der Waals surface area contributed by atoms with Crippen LogP contribution in [0.4, 0.5) is 4.79 Å². The highest BCUT2D eigenvalue weighted by Gasteiger charge is 2.72. The van der Waals surface area contributed by atoms with Crippen molar-refractivity contribution in [2.24, 2.45) is 5.41 Å². The van der Waals surface area contributed by atoms with Gasteiger partial charge in [-0.15, -0.1) is 0 Å². The molecule has 0 radical (unpaired) electrons. The Kier molecular flexibility index (Phi) is 3.96. The fourth-order valence-corrected chi connectivity index (χ4v) is 5.50. The van der Waals surface area contributed by atoms with E-state index >= 15 is 0 Å². The minimum atomic E-state index is -1.44. The molecular weight excluding hydrogens is 370 g/mol. The van der Waals surface area contributed by atoms with Gasteiger partial charge in [-0.25, -0.2) is 9.59 Å². The third kappa shape index (κ3) is 2.38. The number of aliphatic hydroxyl groups is 1. The number of carbonyl (C=O) groups is 2. The molecule has 0 saturated heterocycles. The lowest BCUT2D eigenvalue weighted by Crippen LogP contribution is -2.79. The molecule has 3 aliphatic carbocycles. The zero-order chi connectivity index (χ0) is 20.2. The molecular formula is C23H23NO5. The van der Waals surface area contributed by atoms with Gasteiger partial charge >= 0.3 is 12.1 Å². The van der Waals surface area contributed by atoms with E-state index in [1.54, 1.807) is 0 Å². The molecule has 2 aromatic rings. The molecule has 1 spiro atoms. The first kappa shape index (κ1) is 18.2. The minimum Gasteiger partial charge on any atom is -0.479 e. The van der Waals surface area contributed by atoms with Crippen LogP contribution >= 0.6 is 0 Å². The fourth-order valence-electron chi connectivity index (χ4n) is 5.50. The zero-order valence-electron chi connectivity index (χ0n) is 15.9. The molecule has 0 heterocycles. The van der Waals surface area contributed by atoms with Crippen LogP contribution in [0.5, 0.6) is 0 Å². The summed E-state index contributed by atoms with van der Waals surface area (Å²) in [6.45, 7) is 0.130. The molecule has 2 aromatic carbocycles. The van der Waals surface area contributed by atoms with Crippen molar-refractivity contribution in [3.8, 4) is 11.1 Å². The summed E-state index contributed by atoms with van der Waals surface area (Å²) >= 11 is 0. The molecule has 0 aliphatic heterocycles. The molecule has 3 aliphatic rings. The van der Waals surface area contributed by atoms with Gasteiger partial charge in [0.05, 0.1) is 6.10 Å². The summed E-state index contributed by atoms with van der Waals surface area (Å²) in [5.74, 6) is -1.19. The topological polar surface area (TPSA) is 95.9 Å². The van der Waals surface area contributed by atoms with Gasteiger partial charge in [0, 0.05) is 17.8 Å². The Labute approximate surface area is 168 Å². The number of carbonyl (C=O) groups excluding carboxylic acids is 1. The van der Waals surface area contributed by atoms with Gasteiger partial charge in [-0.2, -0.15) is 0 Å². The van der Waals surface area contributed by atoms with E-state index in [0.717, 1.165) is 28.7 Å². The number of alkyl carbamates (subject to hydrolysis) is 1. The van der Waals surface area contributed by atoms with Crippen LogP contribution in [-0.2, 0) is 9.53 Å². The zero-order valence-corrected chi connectivity index (χ0v) is 15.9. The second kappa shape index (κ2) is 6.32. The number of nitrogens with one attached hydrogen (secondary N) is 1. The van der Waals surface area contributed by atoms with Crippen molar-refractivity contribution in [1.82, 2.24) is 5.32 Å². The molecule has 2 unspecified atom stereocenters. The maximum absolute atomic E-state index is 12.6. The first-order chi connectivity index (χ1) is 14.0. The highest BCUT2D eigenvalue weighted by molar-refractivity contribution is 5.87. The van der Waals surface area contributed by atoms with Crippen LogP contribution in [0.25, 0.3) is 11.1 Å². The Bertz CT molecular complexity index is 953. The highest BCUT2D eigenvalue weighted by Crippen LogP contribution is 2.62. The Balaban J connectivity index is 1.33. The van der Waals surface area contributed by atoms with E-state index < -0.39 is 29.1 Å². The molecule has 2 fully saturated rings. The average Bonchev–Trinajstić information content (AvgIpc) is 2.98. The summed E-state index contributed by atoms with van der Waals surface area (Å²) in [6, 6.07) is 16.1. The molecule has 0 aromatic heterocycles. The lowest BCUT2D eigenvalue weighted by molar-refractivity contribution is -0.212. The predicted octanol–water partition coefficient (Wildman–Crippen LogP) is 3.28. The average molecular weight is 393 g/mol. The van der Waals surface area contributed by atoms with Gasteiger partial charge in [-0.3, -0.25) is 0 Å². The summed E-state index contributed by atoms with van der Waals surface area (Å²) in [5.41, 5.74) is 2.27. The van der Waals surface area contributed by atoms with Gasteiger partial charge < -0.3 is 20.3 Å². The number of ether oxygens (including phenoxy) is 1. The Morgan fingerprint density at radius 1 is 1.03 bits per heavy atom. The van der Waals surface area contributed by atoms with Crippen LogP contribution in [0.2, 0.25) is 0 Å². The third-order valence-corrected chi connectivity index (χ3v) is 7.26. The standard InChI is InChI=1S/C23H23NO5/c25-19-12-23(20(26)27,22(19)10-5-11-22)24-21(28)29-13-18-16-8-3-1-6-14(16)15-7-2-4-9-17(15)18/h1-4,6-9,18-19,25H,5,10-13H2,(H,24,28)(H,26,27). The van der Waals surface area contributed by atoms with Crippen LogP contribution in [-0.4, -0.2) is 40.5 Å². The molecule has 5 rings (SSSR count). The van der Waals surface area contributed by atoms with E-state index in [2.05, 4.69) is 17.4 Å². The Hall–Kier alpha value is -2.86. The normalized spacial score (nSPS) is 26.0. The number of rotatable bonds is 4. The van der Waals surface area contributed by atoms with E-state index in [9.17, 15) is 19.8 Å². The van der Waals surface area contributed by atoms with Crippen LogP contribution < -0.4 is 5.32 Å². The summed E-state index contributed by atoms with van der Waals surface area (Å²) in [5, 5.41) is 22.6. The number of aliphatic hydroxyl groups excluding tert-OH is 1. The quantitative estimate of drug-likeness (QED) is 0.741. The first-order valence-corrected chi connectivity index (χ1v) is 10.0.